The minimum atomic E-state index is -5.13. The van der Waals surface area contributed by atoms with E-state index in [-0.39, 0.29) is 23.5 Å². The van der Waals surface area contributed by atoms with Crippen molar-refractivity contribution in [2.45, 2.75) is 18.7 Å². The smallest absolute Gasteiger partial charge is 0.383 e. The Morgan fingerprint density at radius 3 is 2.24 bits per heavy atom. The molecule has 1 aromatic heterocycles. The number of nitrogens with two attached hydrogens (primary N) is 1. The Labute approximate surface area is 193 Å². The minimum Gasteiger partial charge on any atom is -0.383 e. The van der Waals surface area contributed by atoms with E-state index >= 15 is 0 Å². The zero-order chi connectivity index (χ0) is 24.9. The molecule has 0 saturated heterocycles. The molecule has 2 amide bonds. The van der Waals surface area contributed by atoms with Gasteiger partial charge in [-0.2, -0.15) is 18.3 Å². The summed E-state index contributed by atoms with van der Waals surface area (Å²) in [5.74, 6) is -1.70. The summed E-state index contributed by atoms with van der Waals surface area (Å²) in [4.78, 5) is 26.1. The molecule has 0 aliphatic rings. The van der Waals surface area contributed by atoms with Crippen molar-refractivity contribution in [2.75, 3.05) is 25.4 Å². The van der Waals surface area contributed by atoms with Crippen LogP contribution in [0.4, 0.5) is 19.0 Å². The summed E-state index contributed by atoms with van der Waals surface area (Å²) in [6.07, 6.45) is -4.01. The van der Waals surface area contributed by atoms with Crippen molar-refractivity contribution in [3.8, 4) is 5.69 Å². The Hall–Kier alpha value is -3.86. The van der Waals surface area contributed by atoms with Crippen molar-refractivity contribution in [3.05, 3.63) is 78.0 Å². The highest BCUT2D eigenvalue weighted by Gasteiger charge is 2.55. The second-order valence-corrected chi connectivity index (χ2v) is 7.59. The molecular weight excluding hydrogens is 451 g/mol. The number of nitrogen functional groups attached to an aromatic ring is 1. The SMILES string of the molecule is CCN(CC(O)(CNC(=O)c1cnn(-c2ccccc2)c1N)C(F)(F)F)C(=O)c1ccccc1. The molecule has 1 unspecified atom stereocenters. The van der Waals surface area contributed by atoms with Gasteiger partial charge in [0, 0.05) is 12.1 Å². The highest BCUT2D eigenvalue weighted by atomic mass is 19.4. The van der Waals surface area contributed by atoms with Gasteiger partial charge in [-0.05, 0) is 31.2 Å². The van der Waals surface area contributed by atoms with Crippen molar-refractivity contribution >= 4 is 17.6 Å². The maximum atomic E-state index is 13.8. The number of aromatic nitrogens is 2. The molecule has 0 bridgehead atoms. The third-order valence-electron chi connectivity index (χ3n) is 5.26. The van der Waals surface area contributed by atoms with Crippen LogP contribution in [-0.2, 0) is 0 Å². The van der Waals surface area contributed by atoms with Crippen LogP contribution >= 0.6 is 0 Å². The van der Waals surface area contributed by atoms with Gasteiger partial charge in [-0.3, -0.25) is 9.59 Å². The molecule has 0 radical (unpaired) electrons. The van der Waals surface area contributed by atoms with Gasteiger partial charge in [0.25, 0.3) is 11.8 Å². The number of nitrogens with zero attached hydrogens (tertiary/aromatic N) is 3. The second kappa shape index (κ2) is 9.96. The van der Waals surface area contributed by atoms with E-state index in [0.29, 0.717) is 5.69 Å². The maximum absolute atomic E-state index is 13.8. The molecule has 34 heavy (non-hydrogen) atoms. The average Bonchev–Trinajstić information content (AvgIpc) is 3.22. The van der Waals surface area contributed by atoms with Crippen LogP contribution in [0.3, 0.4) is 0 Å². The molecule has 11 heteroatoms. The van der Waals surface area contributed by atoms with Crippen molar-refractivity contribution in [2.24, 2.45) is 0 Å². The van der Waals surface area contributed by atoms with Gasteiger partial charge in [-0.15, -0.1) is 0 Å². The van der Waals surface area contributed by atoms with E-state index in [2.05, 4.69) is 10.4 Å². The fourth-order valence-corrected chi connectivity index (χ4v) is 3.28. The van der Waals surface area contributed by atoms with E-state index in [1.807, 2.05) is 0 Å². The van der Waals surface area contributed by atoms with Gasteiger partial charge in [-0.1, -0.05) is 36.4 Å². The summed E-state index contributed by atoms with van der Waals surface area (Å²) < 4.78 is 42.8. The number of anilines is 1. The lowest BCUT2D eigenvalue weighted by atomic mass is 10.0. The number of rotatable bonds is 8. The van der Waals surface area contributed by atoms with Crippen LogP contribution in [0, 0.1) is 0 Å². The number of hydrogen-bond acceptors (Lipinski definition) is 5. The van der Waals surface area contributed by atoms with Crippen molar-refractivity contribution < 1.29 is 27.9 Å². The van der Waals surface area contributed by atoms with E-state index in [1.165, 1.54) is 23.7 Å². The molecule has 2 aromatic carbocycles. The van der Waals surface area contributed by atoms with Crippen molar-refractivity contribution in [1.29, 1.82) is 0 Å². The Morgan fingerprint density at radius 1 is 1.09 bits per heavy atom. The Balaban J connectivity index is 1.77. The number of alkyl halides is 3. The summed E-state index contributed by atoms with van der Waals surface area (Å²) in [6.45, 7) is -0.852. The Morgan fingerprint density at radius 2 is 1.68 bits per heavy atom. The van der Waals surface area contributed by atoms with Gasteiger partial charge < -0.3 is 21.1 Å². The first kappa shape index (κ1) is 24.8. The largest absolute Gasteiger partial charge is 0.420 e. The molecule has 3 rings (SSSR count). The lowest BCUT2D eigenvalue weighted by molar-refractivity contribution is -0.259. The number of halogens is 3. The standard InChI is InChI=1S/C23H24F3N5O3/c1-2-30(21(33)16-9-5-3-6-10-16)15-22(34,23(24,25)26)14-28-20(32)18-13-29-31(19(18)27)17-11-7-4-8-12-17/h3-13,34H,2,14-15,27H2,1H3,(H,28,32). The topological polar surface area (TPSA) is 113 Å². The molecule has 3 aromatic rings. The van der Waals surface area contributed by atoms with Crippen LogP contribution in [0.25, 0.3) is 5.69 Å². The van der Waals surface area contributed by atoms with Gasteiger partial charge in [0.1, 0.15) is 11.4 Å². The average molecular weight is 475 g/mol. The number of amides is 2. The number of para-hydroxylation sites is 1. The molecule has 0 aliphatic carbocycles. The fourth-order valence-electron chi connectivity index (χ4n) is 3.28. The van der Waals surface area contributed by atoms with Crippen molar-refractivity contribution in [1.82, 2.24) is 20.0 Å². The zero-order valence-corrected chi connectivity index (χ0v) is 18.3. The van der Waals surface area contributed by atoms with Gasteiger partial charge in [0.05, 0.1) is 25.0 Å². The highest BCUT2D eigenvalue weighted by molar-refractivity contribution is 5.98. The molecule has 0 spiro atoms. The number of aliphatic hydroxyl groups is 1. The summed E-state index contributed by atoms with van der Waals surface area (Å²) in [5.41, 5.74) is 3.16. The van der Waals surface area contributed by atoms with E-state index in [9.17, 15) is 27.9 Å². The fraction of sp³-hybridized carbons (Fsp3) is 0.261. The van der Waals surface area contributed by atoms with Crippen LogP contribution in [0.1, 0.15) is 27.6 Å². The predicted octanol–water partition coefficient (Wildman–Crippen LogP) is 2.64. The second-order valence-electron chi connectivity index (χ2n) is 7.59. The van der Waals surface area contributed by atoms with Crippen LogP contribution in [-0.4, -0.2) is 63.0 Å². The summed E-state index contributed by atoms with van der Waals surface area (Å²) in [7, 11) is 0. The molecule has 0 saturated carbocycles. The number of carbonyl (C=O) groups is 2. The first-order valence-corrected chi connectivity index (χ1v) is 10.4. The minimum absolute atomic E-state index is 0.0753. The molecule has 0 fully saturated rings. The summed E-state index contributed by atoms with van der Waals surface area (Å²) in [5, 5.41) is 16.6. The number of carbonyl (C=O) groups excluding carboxylic acids is 2. The molecule has 1 heterocycles. The predicted molar refractivity (Wildman–Crippen MR) is 119 cm³/mol. The molecule has 8 nitrogen and oxygen atoms in total. The van der Waals surface area contributed by atoms with E-state index < -0.39 is 36.7 Å². The summed E-state index contributed by atoms with van der Waals surface area (Å²) in [6, 6.07) is 16.4. The van der Waals surface area contributed by atoms with E-state index in [0.717, 1.165) is 11.1 Å². The third-order valence-corrected chi connectivity index (χ3v) is 5.26. The Bertz CT molecular complexity index is 1140. The van der Waals surface area contributed by atoms with Crippen LogP contribution in [0.5, 0.6) is 0 Å². The van der Waals surface area contributed by atoms with Crippen molar-refractivity contribution in [3.63, 3.8) is 0 Å². The molecule has 1 atom stereocenters. The quantitative estimate of drug-likeness (QED) is 0.464. The lowest BCUT2D eigenvalue weighted by Crippen LogP contribution is -2.60. The van der Waals surface area contributed by atoms with Crippen LogP contribution in [0.15, 0.2) is 66.9 Å². The third kappa shape index (κ3) is 5.20. The first-order chi connectivity index (χ1) is 16.1. The van der Waals surface area contributed by atoms with Gasteiger partial charge in [-0.25, -0.2) is 4.68 Å². The van der Waals surface area contributed by atoms with Crippen LogP contribution < -0.4 is 11.1 Å². The van der Waals surface area contributed by atoms with E-state index in [1.54, 1.807) is 48.5 Å². The lowest BCUT2D eigenvalue weighted by Gasteiger charge is -2.35. The number of hydrogen-bond donors (Lipinski definition) is 3. The first-order valence-electron chi connectivity index (χ1n) is 10.4. The number of benzene rings is 2. The highest BCUT2D eigenvalue weighted by Crippen LogP contribution is 2.31. The molecular formula is C23H24F3N5O3. The Kier molecular flexibility index (Phi) is 7.26. The maximum Gasteiger partial charge on any atom is 0.420 e. The van der Waals surface area contributed by atoms with Crippen LogP contribution in [0.2, 0.25) is 0 Å². The van der Waals surface area contributed by atoms with Gasteiger partial charge in [0.2, 0.25) is 0 Å². The monoisotopic (exact) mass is 475 g/mol. The molecule has 4 N–H and O–H groups in total. The van der Waals surface area contributed by atoms with Gasteiger partial charge >= 0.3 is 6.18 Å². The number of likely N-dealkylation sites (N-methyl/N-ethyl adjacent to an activating group) is 1. The van der Waals surface area contributed by atoms with Gasteiger partial charge in [0.15, 0.2) is 5.60 Å². The zero-order valence-electron chi connectivity index (χ0n) is 18.3. The molecule has 180 valence electrons. The normalized spacial score (nSPS) is 13.2. The molecule has 0 aliphatic heterocycles. The number of nitrogens with one attached hydrogen (secondary N) is 1. The summed E-state index contributed by atoms with van der Waals surface area (Å²) >= 11 is 0. The van der Waals surface area contributed by atoms with E-state index in [4.69, 9.17) is 5.73 Å².